The Morgan fingerprint density at radius 2 is 2.25 bits per heavy atom. The third-order valence-electron chi connectivity index (χ3n) is 3.43. The summed E-state index contributed by atoms with van der Waals surface area (Å²) in [4.78, 5) is 5.31. The van der Waals surface area contributed by atoms with Gasteiger partial charge in [0, 0.05) is 36.9 Å². The first-order valence-corrected chi connectivity index (χ1v) is 9.48. The third-order valence-corrected chi connectivity index (χ3v) is 5.53. The molecule has 0 bridgehead atoms. The fourth-order valence-electron chi connectivity index (χ4n) is 2.28. The number of H-pyrrole nitrogens is 1. The molecule has 4 rings (SSSR count). The van der Waals surface area contributed by atoms with Gasteiger partial charge in [-0.3, -0.25) is 9.50 Å². The minimum Gasteiger partial charge on any atom is -0.442 e. The van der Waals surface area contributed by atoms with Crippen LogP contribution in [-0.4, -0.2) is 34.5 Å². The van der Waals surface area contributed by atoms with E-state index in [9.17, 15) is 8.42 Å². The van der Waals surface area contributed by atoms with Crippen LogP contribution in [0.3, 0.4) is 0 Å². The molecule has 10 heteroatoms. The van der Waals surface area contributed by atoms with Crippen LogP contribution in [0, 0.1) is 0 Å². The number of aromatic nitrogens is 4. The van der Waals surface area contributed by atoms with Crippen LogP contribution in [0.4, 0.5) is 0 Å². The number of fused-ring (bicyclic) bond motifs is 1. The summed E-state index contributed by atoms with van der Waals surface area (Å²) in [6, 6.07) is 4.71. The number of nitrogens with zero attached hydrogens (tertiary/aromatic N) is 3. The molecular formula is C14H13N5O3S2. The van der Waals surface area contributed by atoms with Crippen molar-refractivity contribution in [2.75, 3.05) is 6.54 Å². The van der Waals surface area contributed by atoms with Gasteiger partial charge >= 0.3 is 0 Å². The van der Waals surface area contributed by atoms with E-state index in [0.29, 0.717) is 17.9 Å². The lowest BCUT2D eigenvalue weighted by atomic mass is 10.3. The van der Waals surface area contributed by atoms with Crippen LogP contribution in [0.1, 0.15) is 5.69 Å². The van der Waals surface area contributed by atoms with Crippen molar-refractivity contribution in [2.24, 2.45) is 0 Å². The van der Waals surface area contributed by atoms with Crippen molar-refractivity contribution in [3.05, 3.63) is 47.9 Å². The second kappa shape index (κ2) is 5.89. The van der Waals surface area contributed by atoms with E-state index < -0.39 is 10.0 Å². The molecule has 0 radical (unpaired) electrons. The molecule has 4 aromatic heterocycles. The highest BCUT2D eigenvalue weighted by molar-refractivity contribution is 7.89. The number of imidazole rings is 1. The number of furan rings is 1. The monoisotopic (exact) mass is 363 g/mol. The lowest BCUT2D eigenvalue weighted by molar-refractivity contribution is 0.455. The number of rotatable bonds is 6. The van der Waals surface area contributed by atoms with Gasteiger partial charge in [-0.2, -0.15) is 5.10 Å². The lowest BCUT2D eigenvalue weighted by Crippen LogP contribution is -2.25. The van der Waals surface area contributed by atoms with Crippen LogP contribution in [0.15, 0.2) is 51.7 Å². The van der Waals surface area contributed by atoms with E-state index in [2.05, 4.69) is 19.9 Å². The Labute approximate surface area is 141 Å². The van der Waals surface area contributed by atoms with Gasteiger partial charge in [0.1, 0.15) is 5.69 Å². The summed E-state index contributed by atoms with van der Waals surface area (Å²) >= 11 is 1.54. The topological polar surface area (TPSA) is 105 Å². The van der Waals surface area contributed by atoms with Crippen LogP contribution < -0.4 is 4.72 Å². The first-order valence-electron chi connectivity index (χ1n) is 7.12. The van der Waals surface area contributed by atoms with E-state index in [1.807, 2.05) is 22.2 Å². The van der Waals surface area contributed by atoms with E-state index in [1.165, 1.54) is 17.4 Å². The summed E-state index contributed by atoms with van der Waals surface area (Å²) in [5, 5.41) is 8.35. The predicted molar refractivity (Wildman–Crippen MR) is 88.3 cm³/mol. The molecule has 0 saturated carbocycles. The molecule has 0 atom stereocenters. The number of thiazole rings is 1. The minimum absolute atomic E-state index is 0.127. The smallest absolute Gasteiger partial charge is 0.273 e. The maximum Gasteiger partial charge on any atom is 0.273 e. The third kappa shape index (κ3) is 2.86. The summed E-state index contributed by atoms with van der Waals surface area (Å²) in [5.74, 6) is 0.419. The standard InChI is InChI=1S/C14H13N5O3S2/c20-24(21,13-2-1-12(22-13)11-4-5-15-18-11)16-6-3-10-9-19-7-8-23-14(19)17-10/h1-2,4-5,7-9,16H,3,6H2,(H,15,18). The maximum atomic E-state index is 12.3. The van der Waals surface area contributed by atoms with Crippen molar-refractivity contribution in [3.63, 3.8) is 0 Å². The molecule has 0 spiro atoms. The van der Waals surface area contributed by atoms with Crippen molar-refractivity contribution in [2.45, 2.75) is 11.5 Å². The zero-order valence-electron chi connectivity index (χ0n) is 12.3. The fourth-order valence-corrected chi connectivity index (χ4v) is 3.96. The number of hydrogen-bond donors (Lipinski definition) is 2. The second-order valence-electron chi connectivity index (χ2n) is 5.06. The minimum atomic E-state index is -3.70. The molecule has 4 aromatic rings. The Hall–Kier alpha value is -2.43. The van der Waals surface area contributed by atoms with Gasteiger partial charge in [0.05, 0.1) is 5.69 Å². The lowest BCUT2D eigenvalue weighted by Gasteiger charge is -2.02. The van der Waals surface area contributed by atoms with E-state index in [1.54, 1.807) is 18.3 Å². The van der Waals surface area contributed by atoms with Gasteiger partial charge in [-0.1, -0.05) is 0 Å². The SMILES string of the molecule is O=S(=O)(NCCc1cn2ccsc2n1)c1ccc(-c2ccn[nH]2)o1. The largest absolute Gasteiger partial charge is 0.442 e. The molecule has 4 heterocycles. The second-order valence-corrected chi connectivity index (χ2v) is 7.63. The summed E-state index contributed by atoms with van der Waals surface area (Å²) in [5.41, 5.74) is 1.46. The van der Waals surface area contributed by atoms with Gasteiger partial charge in [-0.25, -0.2) is 18.1 Å². The molecule has 0 saturated heterocycles. The Bertz CT molecular complexity index is 1030. The molecule has 0 aromatic carbocycles. The Morgan fingerprint density at radius 3 is 3.04 bits per heavy atom. The zero-order valence-corrected chi connectivity index (χ0v) is 14.0. The van der Waals surface area contributed by atoms with E-state index in [-0.39, 0.29) is 11.6 Å². The summed E-state index contributed by atoms with van der Waals surface area (Å²) < 4.78 is 34.4. The molecule has 0 aliphatic rings. The van der Waals surface area contributed by atoms with Crippen LogP contribution in [0.25, 0.3) is 16.4 Å². The molecule has 24 heavy (non-hydrogen) atoms. The van der Waals surface area contributed by atoms with Crippen LogP contribution in [0.2, 0.25) is 0 Å². The highest BCUT2D eigenvalue weighted by atomic mass is 32.2. The Kier molecular flexibility index (Phi) is 3.71. The highest BCUT2D eigenvalue weighted by Crippen LogP contribution is 2.22. The molecule has 8 nitrogen and oxygen atoms in total. The Balaban J connectivity index is 1.42. The van der Waals surface area contributed by atoms with Gasteiger partial charge in [-0.15, -0.1) is 11.3 Å². The fraction of sp³-hybridized carbons (Fsp3) is 0.143. The van der Waals surface area contributed by atoms with Crippen LogP contribution in [0.5, 0.6) is 0 Å². The van der Waals surface area contributed by atoms with Crippen molar-refractivity contribution < 1.29 is 12.8 Å². The molecule has 0 unspecified atom stereocenters. The van der Waals surface area contributed by atoms with Gasteiger partial charge in [0.25, 0.3) is 10.0 Å². The first-order chi connectivity index (χ1) is 11.6. The summed E-state index contributed by atoms with van der Waals surface area (Å²) in [7, 11) is -3.70. The van der Waals surface area contributed by atoms with Gasteiger partial charge in [-0.05, 0) is 18.2 Å². The zero-order chi connectivity index (χ0) is 16.6. The number of sulfonamides is 1. The van der Waals surface area contributed by atoms with E-state index >= 15 is 0 Å². The van der Waals surface area contributed by atoms with Gasteiger partial charge in [0.2, 0.25) is 5.09 Å². The number of hydrogen-bond acceptors (Lipinski definition) is 6. The molecule has 0 aliphatic carbocycles. The molecule has 0 fully saturated rings. The predicted octanol–water partition coefficient (Wildman–Crippen LogP) is 1.90. The van der Waals surface area contributed by atoms with Crippen molar-refractivity contribution >= 4 is 26.3 Å². The van der Waals surface area contributed by atoms with Crippen LogP contribution in [-0.2, 0) is 16.4 Å². The number of aromatic amines is 1. The Morgan fingerprint density at radius 1 is 1.33 bits per heavy atom. The molecule has 124 valence electrons. The first kappa shape index (κ1) is 15.1. The molecular weight excluding hydrogens is 350 g/mol. The average Bonchev–Trinajstić information content (AvgIpc) is 3.30. The molecule has 0 aliphatic heterocycles. The molecule has 0 amide bonds. The summed E-state index contributed by atoms with van der Waals surface area (Å²) in [6.45, 7) is 0.243. The van der Waals surface area contributed by atoms with Gasteiger partial charge < -0.3 is 4.42 Å². The van der Waals surface area contributed by atoms with E-state index in [0.717, 1.165) is 10.7 Å². The van der Waals surface area contributed by atoms with E-state index in [4.69, 9.17) is 4.42 Å². The van der Waals surface area contributed by atoms with Crippen molar-refractivity contribution in [1.29, 1.82) is 0 Å². The average molecular weight is 363 g/mol. The van der Waals surface area contributed by atoms with Crippen LogP contribution >= 0.6 is 11.3 Å². The van der Waals surface area contributed by atoms with Crippen molar-refractivity contribution in [3.8, 4) is 11.5 Å². The maximum absolute atomic E-state index is 12.3. The highest BCUT2D eigenvalue weighted by Gasteiger charge is 2.19. The van der Waals surface area contributed by atoms with Crippen molar-refractivity contribution in [1.82, 2.24) is 24.3 Å². The van der Waals surface area contributed by atoms with Gasteiger partial charge in [0.15, 0.2) is 10.7 Å². The molecule has 2 N–H and O–H groups in total. The quantitative estimate of drug-likeness (QED) is 0.544. The summed E-state index contributed by atoms with van der Waals surface area (Å²) in [6.07, 6.45) is 5.88. The number of nitrogens with one attached hydrogen (secondary N) is 2. The normalized spacial score (nSPS) is 12.2.